The van der Waals surface area contributed by atoms with Crippen LogP contribution in [0.2, 0.25) is 0 Å². The van der Waals surface area contributed by atoms with E-state index in [1.54, 1.807) is 24.3 Å². The maximum absolute atomic E-state index is 13.1. The van der Waals surface area contributed by atoms with E-state index in [2.05, 4.69) is 51.0 Å². The fourth-order valence-electron chi connectivity index (χ4n) is 9.45. The average Bonchev–Trinajstić information content (AvgIpc) is 1.94. The van der Waals surface area contributed by atoms with Crippen LogP contribution in [0.15, 0.2) is 130 Å². The van der Waals surface area contributed by atoms with Crippen LogP contribution in [0.5, 0.6) is 11.5 Å². The van der Waals surface area contributed by atoms with Gasteiger partial charge >= 0.3 is 0 Å². The number of methoxy groups -OCH3 is 2. The second-order valence-electron chi connectivity index (χ2n) is 19.3. The lowest BCUT2D eigenvalue weighted by Crippen LogP contribution is -2.22. The van der Waals surface area contributed by atoms with Crippen LogP contribution in [-0.4, -0.2) is 135 Å². The fourth-order valence-corrected chi connectivity index (χ4v) is 15.9. The lowest BCUT2D eigenvalue weighted by atomic mass is 10.2. The number of aliphatic hydroxyl groups is 1. The molecular weight excluding hydrogens is 1310 g/mol. The highest BCUT2D eigenvalue weighted by atomic mass is 32.2. The van der Waals surface area contributed by atoms with Crippen LogP contribution in [0.1, 0.15) is 38.8 Å². The highest BCUT2D eigenvalue weighted by Gasteiger charge is 2.27. The summed E-state index contributed by atoms with van der Waals surface area (Å²) in [6, 6.07) is 20.1. The quantitative estimate of drug-likeness (QED) is 0.0159. The molecule has 28 nitrogen and oxygen atoms in total. The van der Waals surface area contributed by atoms with E-state index in [1.807, 2.05) is 37.5 Å². The smallest absolute Gasteiger partial charge is 0.296 e. The van der Waals surface area contributed by atoms with Crippen molar-refractivity contribution in [2.75, 3.05) is 73.2 Å². The van der Waals surface area contributed by atoms with Crippen LogP contribution in [-0.2, 0) is 40.5 Å². The predicted octanol–water partition coefficient (Wildman–Crippen LogP) is 12.1. The summed E-state index contributed by atoms with van der Waals surface area (Å²) in [5.41, 5.74) is 2.32. The standard InChI is InChI=1S/C55H57N13O15S7/c1-9-67(10-2)41-25-37(39(27-43(41)82-7)65-63-33-19-15-31(23-45(33)87(70,71)72)51-56-35-17-13-29(5)49(47(35)85-51)89(76,77)78)58-53-60-54(62-55(61-53)84-22-21-69)59-38-26-42(68(11-3)12-4)44(83-8)28-40(38)66-64-34-20-16-32(24-46(34)88(73,74)75)52-57-36-18-14-30(6)50(48(36)86-52)90(79,80)81/h13-20,23-28,69H,9-12,21-22H2,1-8H3,(H,70,71,72)(H,73,74,75)(H,76,77,78)(H,79,80,81)(H2,58,59,60,61,62). The minimum Gasteiger partial charge on any atom is -0.494 e. The summed E-state index contributed by atoms with van der Waals surface area (Å²) in [5, 5.41) is 34.3. The molecular formula is C55H57N13O15S7. The highest BCUT2D eigenvalue weighted by Crippen LogP contribution is 2.45. The van der Waals surface area contributed by atoms with Crippen LogP contribution in [0, 0.1) is 13.8 Å². The molecule has 0 aliphatic rings. The molecule has 7 N–H and O–H groups in total. The molecule has 35 heteroatoms. The van der Waals surface area contributed by atoms with Crippen LogP contribution in [0.25, 0.3) is 41.6 Å². The molecule has 474 valence electrons. The van der Waals surface area contributed by atoms with Crippen LogP contribution in [0.3, 0.4) is 0 Å². The molecule has 6 aromatic carbocycles. The second kappa shape index (κ2) is 26.9. The summed E-state index contributed by atoms with van der Waals surface area (Å²) >= 11 is 2.84. The molecule has 3 heterocycles. The summed E-state index contributed by atoms with van der Waals surface area (Å²) in [4.78, 5) is 24.9. The molecule has 0 unspecified atom stereocenters. The van der Waals surface area contributed by atoms with Gasteiger partial charge in [-0.15, -0.1) is 43.1 Å². The SMILES string of the molecule is CCN(CC)c1cc(Nc2nc(Nc3cc(N(CC)CC)c(OC)cc3N=Nc3ccc(-c4nc5ccc(C)c(S(=O)(=O)O)c5s4)cc3S(=O)(=O)O)nc(SCCO)n2)c(N=Nc2ccc(-c3nc4ccc(C)c(S(=O)(=O)O)c4s3)cc2S(=O)(=O)O)cc1OC. The van der Waals surface area contributed by atoms with Gasteiger partial charge in [0.15, 0.2) is 5.16 Å². The van der Waals surface area contributed by atoms with Gasteiger partial charge in [-0.3, -0.25) is 18.2 Å². The van der Waals surface area contributed by atoms with Crippen LogP contribution >= 0.6 is 34.4 Å². The van der Waals surface area contributed by atoms with Crippen LogP contribution in [0.4, 0.5) is 57.4 Å². The average molecular weight is 1360 g/mol. The number of fused-ring (bicyclic) bond motifs is 2. The second-order valence-corrected chi connectivity index (χ2v) is 27.9. The van der Waals surface area contributed by atoms with E-state index in [0.29, 0.717) is 49.1 Å². The molecule has 9 aromatic rings. The summed E-state index contributed by atoms with van der Waals surface area (Å²) in [5.74, 6) is 0.621. The molecule has 0 amide bonds. The van der Waals surface area contributed by atoms with Gasteiger partial charge in [0.1, 0.15) is 63.8 Å². The number of anilines is 6. The van der Waals surface area contributed by atoms with Crippen molar-refractivity contribution in [3.05, 3.63) is 96.1 Å². The number of aromatic nitrogens is 5. The number of aryl methyl sites for hydroxylation is 2. The Morgan fingerprint density at radius 2 is 0.900 bits per heavy atom. The number of hydrogen-bond acceptors (Lipinski definition) is 27. The number of ether oxygens (including phenoxy) is 2. The number of azo groups is 2. The van der Waals surface area contributed by atoms with Crippen molar-refractivity contribution >= 4 is 153 Å². The summed E-state index contributed by atoms with van der Waals surface area (Å²) in [7, 11) is -16.5. The van der Waals surface area contributed by atoms with Crippen molar-refractivity contribution in [2.45, 2.75) is 66.3 Å². The lowest BCUT2D eigenvalue weighted by molar-refractivity contribution is 0.322. The highest BCUT2D eigenvalue weighted by molar-refractivity contribution is 7.99. The van der Waals surface area contributed by atoms with Crippen LogP contribution < -0.4 is 29.9 Å². The zero-order valence-electron chi connectivity index (χ0n) is 48.9. The molecule has 0 spiro atoms. The van der Waals surface area contributed by atoms with Gasteiger partial charge in [-0.25, -0.2) is 9.97 Å². The zero-order chi connectivity index (χ0) is 65.2. The Hall–Kier alpha value is -7.94. The van der Waals surface area contributed by atoms with Crippen molar-refractivity contribution in [1.29, 1.82) is 0 Å². The minimum atomic E-state index is -5.03. The number of aliphatic hydroxyl groups excluding tert-OH is 1. The third-order valence-corrected chi connectivity index (χ3v) is 20.9. The van der Waals surface area contributed by atoms with E-state index >= 15 is 0 Å². The van der Waals surface area contributed by atoms with E-state index in [0.717, 1.165) is 46.6 Å². The van der Waals surface area contributed by atoms with Crippen molar-refractivity contribution < 1.29 is 66.5 Å². The number of hydrogen-bond donors (Lipinski definition) is 7. The first-order chi connectivity index (χ1) is 42.6. The number of nitrogens with one attached hydrogen (secondary N) is 2. The monoisotopic (exact) mass is 1360 g/mol. The summed E-state index contributed by atoms with van der Waals surface area (Å²) < 4.78 is 155. The number of thioether (sulfide) groups is 1. The first-order valence-corrected chi connectivity index (χ1v) is 35.3. The van der Waals surface area contributed by atoms with Gasteiger partial charge in [-0.2, -0.15) is 48.6 Å². The number of thiazole rings is 2. The van der Waals surface area contributed by atoms with E-state index in [4.69, 9.17) is 14.5 Å². The summed E-state index contributed by atoms with van der Waals surface area (Å²) in [6.45, 7) is 12.6. The molecule has 0 aliphatic carbocycles. The molecule has 0 fully saturated rings. The number of nitrogens with zero attached hydrogens (tertiary/aromatic N) is 11. The van der Waals surface area contributed by atoms with Crippen molar-refractivity contribution in [1.82, 2.24) is 24.9 Å². The number of benzene rings is 6. The molecule has 0 saturated carbocycles. The molecule has 0 bridgehead atoms. The maximum Gasteiger partial charge on any atom is 0.296 e. The predicted molar refractivity (Wildman–Crippen MR) is 345 cm³/mol. The van der Waals surface area contributed by atoms with E-state index in [9.17, 15) is 57.0 Å². The van der Waals surface area contributed by atoms with Crippen molar-refractivity contribution in [2.24, 2.45) is 20.5 Å². The maximum atomic E-state index is 13.1. The fraction of sp³-hybridized carbons (Fsp3) is 0.255. The van der Waals surface area contributed by atoms with E-state index < -0.39 is 50.3 Å². The van der Waals surface area contributed by atoms with Gasteiger partial charge in [0, 0.05) is 55.2 Å². The van der Waals surface area contributed by atoms with Gasteiger partial charge in [-0.1, -0.05) is 23.9 Å². The van der Waals surface area contributed by atoms with Gasteiger partial charge in [0.25, 0.3) is 40.5 Å². The van der Waals surface area contributed by atoms with Crippen molar-refractivity contribution in [3.63, 3.8) is 0 Å². The van der Waals surface area contributed by atoms with Crippen molar-refractivity contribution in [3.8, 4) is 32.6 Å². The minimum absolute atomic E-state index is 0.0485. The third-order valence-electron chi connectivity index (χ3n) is 13.7. The Bertz CT molecular complexity index is 4520. The van der Waals surface area contributed by atoms with Gasteiger partial charge in [-0.05, 0) is 113 Å². The third kappa shape index (κ3) is 14.5. The largest absolute Gasteiger partial charge is 0.494 e. The first kappa shape index (κ1) is 66.5. The Morgan fingerprint density at radius 3 is 1.24 bits per heavy atom. The Morgan fingerprint density at radius 1 is 0.511 bits per heavy atom. The lowest BCUT2D eigenvalue weighted by Gasteiger charge is -2.25. The Kier molecular flexibility index (Phi) is 19.8. The molecule has 0 radical (unpaired) electrons. The van der Waals surface area contributed by atoms with E-state index in [-0.39, 0.29) is 126 Å². The first-order valence-electron chi connectivity index (χ1n) is 26.9. The molecule has 0 saturated heterocycles. The normalized spacial score (nSPS) is 12.4. The summed E-state index contributed by atoms with van der Waals surface area (Å²) in [6.07, 6.45) is 0. The van der Waals surface area contributed by atoms with Gasteiger partial charge < -0.3 is 35.0 Å². The topological polar surface area (TPSA) is 401 Å². The Labute approximate surface area is 529 Å². The van der Waals surface area contributed by atoms with E-state index in [1.165, 1.54) is 76.6 Å². The Balaban J connectivity index is 1.13. The van der Waals surface area contributed by atoms with Gasteiger partial charge in [0.2, 0.25) is 11.9 Å². The number of rotatable bonds is 25. The molecule has 9 rings (SSSR count). The zero-order valence-corrected chi connectivity index (χ0v) is 54.6. The molecule has 0 atom stereocenters. The van der Waals surface area contributed by atoms with Gasteiger partial charge in [0.05, 0.1) is 64.0 Å². The molecule has 3 aromatic heterocycles. The molecule has 90 heavy (non-hydrogen) atoms. The molecule has 0 aliphatic heterocycles.